The lowest BCUT2D eigenvalue weighted by molar-refractivity contribution is -0.132. The Hall–Kier alpha value is -1.06. The Bertz CT molecular complexity index is 433. The summed E-state index contributed by atoms with van der Waals surface area (Å²) < 4.78 is 0. The minimum Gasteiger partial charge on any atom is -0.352 e. The smallest absolute Gasteiger partial charge is 0.242 e. The van der Waals surface area contributed by atoms with Crippen molar-refractivity contribution in [2.45, 2.75) is 97.6 Å². The molecule has 4 heteroatoms. The summed E-state index contributed by atoms with van der Waals surface area (Å²) in [4.78, 5) is 25.4. The lowest BCUT2D eigenvalue weighted by Crippen LogP contribution is -2.52. The number of carbonyl (C=O) groups excluding carboxylic acids is 2. The zero-order chi connectivity index (χ0) is 18.4. The maximum Gasteiger partial charge on any atom is 0.242 e. The van der Waals surface area contributed by atoms with Crippen LogP contribution in [0.3, 0.4) is 0 Å². The summed E-state index contributed by atoms with van der Waals surface area (Å²) in [6.45, 7) is 8.76. The predicted octanol–water partition coefficient (Wildman–Crippen LogP) is 4.04. The van der Waals surface area contributed by atoms with E-state index in [0.717, 1.165) is 50.4 Å². The third kappa shape index (κ3) is 6.63. The van der Waals surface area contributed by atoms with E-state index in [-0.39, 0.29) is 29.8 Å². The Morgan fingerprint density at radius 3 is 1.92 bits per heavy atom. The molecule has 2 N–H and O–H groups in total. The summed E-state index contributed by atoms with van der Waals surface area (Å²) in [7, 11) is 0. The van der Waals surface area contributed by atoms with Gasteiger partial charge in [-0.1, -0.05) is 27.7 Å². The van der Waals surface area contributed by atoms with Crippen LogP contribution in [0.5, 0.6) is 0 Å². The molecule has 0 aromatic rings. The fourth-order valence-corrected chi connectivity index (χ4v) is 4.22. The van der Waals surface area contributed by atoms with E-state index in [0.29, 0.717) is 12.3 Å². The topological polar surface area (TPSA) is 58.2 Å². The van der Waals surface area contributed by atoms with Crippen molar-refractivity contribution < 1.29 is 9.59 Å². The Balaban J connectivity index is 1.88. The highest BCUT2D eigenvalue weighted by Gasteiger charge is 2.30. The molecule has 1 atom stereocenters. The molecule has 4 nitrogen and oxygen atoms in total. The first kappa shape index (κ1) is 20.3. The first-order valence-corrected chi connectivity index (χ1v) is 10.5. The highest BCUT2D eigenvalue weighted by molar-refractivity contribution is 5.88. The number of hydrogen-bond donors (Lipinski definition) is 2. The van der Waals surface area contributed by atoms with Crippen LogP contribution in [0.25, 0.3) is 0 Å². The maximum absolute atomic E-state index is 12.8. The zero-order valence-electron chi connectivity index (χ0n) is 16.6. The van der Waals surface area contributed by atoms with Gasteiger partial charge in [-0.3, -0.25) is 9.59 Å². The van der Waals surface area contributed by atoms with E-state index in [2.05, 4.69) is 38.3 Å². The Labute approximate surface area is 153 Å². The number of amides is 2. The van der Waals surface area contributed by atoms with Crippen molar-refractivity contribution >= 4 is 11.8 Å². The molecule has 0 unspecified atom stereocenters. The van der Waals surface area contributed by atoms with Crippen molar-refractivity contribution in [1.82, 2.24) is 10.6 Å². The molecule has 0 aliphatic heterocycles. The molecule has 2 rings (SSSR count). The van der Waals surface area contributed by atoms with Crippen molar-refractivity contribution in [3.05, 3.63) is 0 Å². The van der Waals surface area contributed by atoms with Gasteiger partial charge in [0.25, 0.3) is 0 Å². The van der Waals surface area contributed by atoms with Gasteiger partial charge in [0.2, 0.25) is 11.8 Å². The summed E-state index contributed by atoms with van der Waals surface area (Å²) in [5.74, 6) is 2.08. The van der Waals surface area contributed by atoms with Crippen LogP contribution in [0.2, 0.25) is 0 Å². The summed E-state index contributed by atoms with van der Waals surface area (Å²) in [5, 5.41) is 6.29. The summed E-state index contributed by atoms with van der Waals surface area (Å²) >= 11 is 0. The van der Waals surface area contributed by atoms with Gasteiger partial charge in [-0.2, -0.15) is 0 Å². The molecule has 0 radical (unpaired) electrons. The third-order valence-electron chi connectivity index (χ3n) is 6.09. The average molecular weight is 351 g/mol. The van der Waals surface area contributed by atoms with Crippen LogP contribution in [0.15, 0.2) is 0 Å². The van der Waals surface area contributed by atoms with Crippen LogP contribution in [0, 0.1) is 23.7 Å². The zero-order valence-corrected chi connectivity index (χ0v) is 16.6. The number of hydrogen-bond acceptors (Lipinski definition) is 2. The second-order valence-electron chi connectivity index (χ2n) is 9.11. The van der Waals surface area contributed by atoms with Crippen LogP contribution in [0.4, 0.5) is 0 Å². The molecule has 0 heterocycles. The van der Waals surface area contributed by atoms with Gasteiger partial charge in [-0.05, 0) is 75.5 Å². The lowest BCUT2D eigenvalue weighted by Gasteiger charge is -2.30. The van der Waals surface area contributed by atoms with Gasteiger partial charge < -0.3 is 10.6 Å². The Kier molecular flexibility index (Phi) is 7.77. The molecule has 2 fully saturated rings. The van der Waals surface area contributed by atoms with Gasteiger partial charge in [0.15, 0.2) is 0 Å². The molecule has 0 saturated heterocycles. The molecular weight excluding hydrogens is 312 g/mol. The van der Waals surface area contributed by atoms with E-state index in [1.807, 2.05) is 0 Å². The highest BCUT2D eigenvalue weighted by atomic mass is 16.2. The Morgan fingerprint density at radius 1 is 0.880 bits per heavy atom. The average Bonchev–Trinajstić information content (AvgIpc) is 2.56. The van der Waals surface area contributed by atoms with Crippen molar-refractivity contribution in [3.8, 4) is 0 Å². The fourth-order valence-electron chi connectivity index (χ4n) is 4.22. The molecule has 2 aliphatic carbocycles. The summed E-state index contributed by atoms with van der Waals surface area (Å²) in [6, 6.07) is -0.100. The van der Waals surface area contributed by atoms with Gasteiger partial charge in [0.05, 0.1) is 0 Å². The molecule has 25 heavy (non-hydrogen) atoms. The van der Waals surface area contributed by atoms with Crippen molar-refractivity contribution in [1.29, 1.82) is 0 Å². The molecular formula is C21H38N2O2. The molecule has 0 bridgehead atoms. The maximum atomic E-state index is 12.8. The van der Waals surface area contributed by atoms with E-state index in [1.54, 1.807) is 0 Å². The van der Waals surface area contributed by atoms with E-state index < -0.39 is 0 Å². The van der Waals surface area contributed by atoms with Gasteiger partial charge >= 0.3 is 0 Å². The first-order chi connectivity index (χ1) is 11.8. The van der Waals surface area contributed by atoms with E-state index >= 15 is 0 Å². The standard InChI is InChI=1S/C21H38N2O2/c1-14(2)13-19(21(25)22-18-11-7-16(4)8-12-18)23-20(24)17-9-5-15(3)6-10-17/h14-19H,5-13H2,1-4H3,(H,22,25)(H,23,24)/t15?,16?,17?,18?,19-/m0/s1. The minimum atomic E-state index is -0.383. The van der Waals surface area contributed by atoms with Gasteiger partial charge in [-0.15, -0.1) is 0 Å². The molecule has 0 aromatic carbocycles. The van der Waals surface area contributed by atoms with E-state index in [1.165, 1.54) is 12.8 Å². The van der Waals surface area contributed by atoms with Gasteiger partial charge in [-0.25, -0.2) is 0 Å². The molecule has 0 aromatic heterocycles. The van der Waals surface area contributed by atoms with Crippen molar-refractivity contribution in [3.63, 3.8) is 0 Å². The quantitative estimate of drug-likeness (QED) is 0.759. The minimum absolute atomic E-state index is 0.0192. The number of rotatable bonds is 6. The SMILES string of the molecule is CC(C)C[C@H](NC(=O)C1CCC(C)CC1)C(=O)NC1CCC(C)CC1. The largest absolute Gasteiger partial charge is 0.352 e. The normalized spacial score (nSPS) is 31.4. The van der Waals surface area contributed by atoms with Crippen LogP contribution >= 0.6 is 0 Å². The Morgan fingerprint density at radius 2 is 1.40 bits per heavy atom. The highest BCUT2D eigenvalue weighted by Crippen LogP contribution is 2.28. The lowest BCUT2D eigenvalue weighted by atomic mass is 9.82. The van der Waals surface area contributed by atoms with Crippen LogP contribution < -0.4 is 10.6 Å². The van der Waals surface area contributed by atoms with Crippen LogP contribution in [-0.2, 0) is 9.59 Å². The molecule has 2 saturated carbocycles. The molecule has 0 spiro atoms. The number of carbonyl (C=O) groups is 2. The van der Waals surface area contributed by atoms with E-state index in [9.17, 15) is 9.59 Å². The summed E-state index contributed by atoms with van der Waals surface area (Å²) in [6.07, 6.45) is 9.39. The second kappa shape index (κ2) is 9.59. The summed E-state index contributed by atoms with van der Waals surface area (Å²) in [5.41, 5.74) is 0. The van der Waals surface area contributed by atoms with Gasteiger partial charge in [0.1, 0.15) is 6.04 Å². The third-order valence-corrected chi connectivity index (χ3v) is 6.09. The van der Waals surface area contributed by atoms with Crippen LogP contribution in [-0.4, -0.2) is 23.9 Å². The van der Waals surface area contributed by atoms with Gasteiger partial charge in [0, 0.05) is 12.0 Å². The number of nitrogens with one attached hydrogen (secondary N) is 2. The van der Waals surface area contributed by atoms with Crippen molar-refractivity contribution in [2.75, 3.05) is 0 Å². The fraction of sp³-hybridized carbons (Fsp3) is 0.905. The monoisotopic (exact) mass is 350 g/mol. The first-order valence-electron chi connectivity index (χ1n) is 10.5. The molecule has 144 valence electrons. The van der Waals surface area contributed by atoms with Crippen LogP contribution in [0.1, 0.15) is 85.5 Å². The van der Waals surface area contributed by atoms with Crippen molar-refractivity contribution in [2.24, 2.45) is 23.7 Å². The molecule has 2 amide bonds. The molecule has 2 aliphatic rings. The second-order valence-corrected chi connectivity index (χ2v) is 9.11. The van der Waals surface area contributed by atoms with E-state index in [4.69, 9.17) is 0 Å². The predicted molar refractivity (Wildman–Crippen MR) is 102 cm³/mol.